The minimum atomic E-state index is -3.80. The molecule has 1 aromatic rings. The molecule has 0 atom stereocenters. The fraction of sp³-hybridized carbons (Fsp3) is 0.500. The van der Waals surface area contributed by atoms with E-state index in [9.17, 15) is 21.6 Å². The number of carbonyl (C=O) groups is 1. The van der Waals surface area contributed by atoms with Crippen LogP contribution in [0.15, 0.2) is 10.3 Å². The van der Waals surface area contributed by atoms with Crippen molar-refractivity contribution >= 4 is 37.2 Å². The topological polar surface area (TPSA) is 118 Å². The minimum Gasteiger partial charge on any atom is -0.477 e. The predicted molar refractivity (Wildman–Crippen MR) is 75.5 cm³/mol. The standard InChI is InChI=1S/C10H15NO6S3/c1-7-6-8(18-9(7)10(12)13)20(16,17)11-4-3-5-19(2,14)15/h6,11H,3-5H2,1-2H3,(H,12,13). The van der Waals surface area contributed by atoms with Crippen LogP contribution in [0.3, 0.4) is 0 Å². The molecule has 20 heavy (non-hydrogen) atoms. The lowest BCUT2D eigenvalue weighted by Crippen LogP contribution is -2.25. The van der Waals surface area contributed by atoms with Gasteiger partial charge in [-0.2, -0.15) is 0 Å². The van der Waals surface area contributed by atoms with E-state index in [0.717, 1.165) is 6.26 Å². The Morgan fingerprint density at radius 1 is 1.35 bits per heavy atom. The molecule has 0 bridgehead atoms. The Morgan fingerprint density at radius 3 is 2.40 bits per heavy atom. The van der Waals surface area contributed by atoms with Crippen molar-refractivity contribution < 1.29 is 26.7 Å². The van der Waals surface area contributed by atoms with Crippen LogP contribution in [-0.4, -0.2) is 46.5 Å². The van der Waals surface area contributed by atoms with Crippen LogP contribution in [0.1, 0.15) is 21.7 Å². The van der Waals surface area contributed by atoms with Gasteiger partial charge in [0.2, 0.25) is 10.0 Å². The second-order valence-electron chi connectivity index (χ2n) is 4.26. The van der Waals surface area contributed by atoms with Crippen LogP contribution >= 0.6 is 11.3 Å². The summed E-state index contributed by atoms with van der Waals surface area (Å²) in [5.41, 5.74) is 0.374. The van der Waals surface area contributed by atoms with Crippen molar-refractivity contribution in [2.24, 2.45) is 0 Å². The number of carboxylic acid groups (broad SMARTS) is 1. The molecule has 0 amide bonds. The van der Waals surface area contributed by atoms with Gasteiger partial charge >= 0.3 is 5.97 Å². The smallest absolute Gasteiger partial charge is 0.346 e. The van der Waals surface area contributed by atoms with Gasteiger partial charge in [0, 0.05) is 12.8 Å². The van der Waals surface area contributed by atoms with Crippen LogP contribution in [0, 0.1) is 6.92 Å². The predicted octanol–water partition coefficient (Wildman–Crippen LogP) is 0.468. The van der Waals surface area contributed by atoms with E-state index in [-0.39, 0.29) is 27.8 Å². The van der Waals surface area contributed by atoms with E-state index in [4.69, 9.17) is 5.11 Å². The molecule has 7 nitrogen and oxygen atoms in total. The van der Waals surface area contributed by atoms with Crippen molar-refractivity contribution in [2.45, 2.75) is 17.6 Å². The Labute approximate surface area is 121 Å². The zero-order chi connectivity index (χ0) is 15.6. The van der Waals surface area contributed by atoms with Gasteiger partial charge in [0.15, 0.2) is 0 Å². The first kappa shape index (κ1) is 17.1. The average molecular weight is 341 g/mol. The highest BCUT2D eigenvalue weighted by Crippen LogP contribution is 2.25. The zero-order valence-corrected chi connectivity index (χ0v) is 13.4. The minimum absolute atomic E-state index is 0.0191. The number of aromatic carboxylic acids is 1. The first-order valence-corrected chi connectivity index (χ1v) is 9.90. The number of hydrogen-bond acceptors (Lipinski definition) is 6. The highest BCUT2D eigenvalue weighted by atomic mass is 32.2. The molecule has 10 heteroatoms. The van der Waals surface area contributed by atoms with Crippen LogP contribution in [0.2, 0.25) is 0 Å². The summed E-state index contributed by atoms with van der Waals surface area (Å²) in [6.07, 6.45) is 1.23. The maximum Gasteiger partial charge on any atom is 0.346 e. The number of hydrogen-bond donors (Lipinski definition) is 2. The quantitative estimate of drug-likeness (QED) is 0.696. The molecule has 1 aromatic heterocycles. The Kier molecular flexibility index (Phi) is 5.30. The summed E-state index contributed by atoms with van der Waals surface area (Å²) in [7, 11) is -6.93. The fourth-order valence-corrected chi connectivity index (χ4v) is 4.58. The number of rotatable bonds is 7. The molecule has 0 spiro atoms. The molecule has 0 saturated heterocycles. The van der Waals surface area contributed by atoms with E-state index in [1.807, 2.05) is 0 Å². The molecule has 114 valence electrons. The summed E-state index contributed by atoms with van der Waals surface area (Å²) in [5, 5.41) is 8.88. The van der Waals surface area contributed by atoms with Gasteiger partial charge in [0.1, 0.15) is 18.9 Å². The Balaban J connectivity index is 2.75. The molecule has 1 rings (SSSR count). The van der Waals surface area contributed by atoms with E-state index in [1.165, 1.54) is 13.0 Å². The van der Waals surface area contributed by atoms with Gasteiger partial charge in [-0.1, -0.05) is 0 Å². The highest BCUT2D eigenvalue weighted by molar-refractivity contribution is 7.91. The van der Waals surface area contributed by atoms with E-state index < -0.39 is 25.8 Å². The molecule has 1 heterocycles. The molecule has 2 N–H and O–H groups in total. The molecule has 0 unspecified atom stereocenters. The van der Waals surface area contributed by atoms with Gasteiger partial charge in [-0.3, -0.25) is 0 Å². The average Bonchev–Trinajstić information content (AvgIpc) is 2.66. The maximum absolute atomic E-state index is 11.9. The van der Waals surface area contributed by atoms with Gasteiger partial charge in [0.05, 0.1) is 5.75 Å². The Hall–Kier alpha value is -0.970. The third-order valence-electron chi connectivity index (χ3n) is 2.34. The van der Waals surface area contributed by atoms with Crippen molar-refractivity contribution in [3.63, 3.8) is 0 Å². The van der Waals surface area contributed by atoms with Crippen LogP contribution < -0.4 is 4.72 Å². The third kappa shape index (κ3) is 4.85. The summed E-state index contributed by atoms with van der Waals surface area (Å²) in [6, 6.07) is 1.28. The zero-order valence-electron chi connectivity index (χ0n) is 10.9. The van der Waals surface area contributed by atoms with Gasteiger partial charge in [-0.25, -0.2) is 26.4 Å². The van der Waals surface area contributed by atoms with Crippen molar-refractivity contribution in [1.29, 1.82) is 0 Å². The summed E-state index contributed by atoms with van der Waals surface area (Å²) >= 11 is 0.670. The summed E-state index contributed by atoms with van der Waals surface area (Å²) in [5.74, 6) is -1.29. The van der Waals surface area contributed by atoms with Gasteiger partial charge in [-0.05, 0) is 25.0 Å². The second-order valence-corrected chi connectivity index (χ2v) is 9.57. The molecule has 0 aromatic carbocycles. The summed E-state index contributed by atoms with van der Waals surface area (Å²) < 4.78 is 47.8. The van der Waals surface area contributed by atoms with Crippen LogP contribution in [-0.2, 0) is 19.9 Å². The fourth-order valence-electron chi connectivity index (χ4n) is 1.41. The maximum atomic E-state index is 11.9. The number of aryl methyl sites for hydroxylation is 1. The molecular weight excluding hydrogens is 326 g/mol. The first-order chi connectivity index (χ1) is 9.03. The van der Waals surface area contributed by atoms with Gasteiger partial charge in [-0.15, -0.1) is 11.3 Å². The normalized spacial score (nSPS) is 12.5. The molecule has 0 saturated carbocycles. The van der Waals surface area contributed by atoms with Crippen LogP contribution in [0.5, 0.6) is 0 Å². The van der Waals surface area contributed by atoms with E-state index in [0.29, 0.717) is 16.9 Å². The van der Waals surface area contributed by atoms with E-state index in [1.54, 1.807) is 0 Å². The first-order valence-electron chi connectivity index (χ1n) is 5.54. The van der Waals surface area contributed by atoms with Gasteiger partial charge in [0.25, 0.3) is 0 Å². The monoisotopic (exact) mass is 341 g/mol. The Bertz CT molecular complexity index is 701. The second kappa shape index (κ2) is 6.20. The van der Waals surface area contributed by atoms with Crippen molar-refractivity contribution in [3.05, 3.63) is 16.5 Å². The summed E-state index contributed by atoms with van der Waals surface area (Å²) in [4.78, 5) is 10.8. The molecule has 0 aliphatic heterocycles. The molecule has 0 radical (unpaired) electrons. The molecule has 0 aliphatic rings. The lowest BCUT2D eigenvalue weighted by atomic mass is 10.3. The summed E-state index contributed by atoms with van der Waals surface area (Å²) in [6.45, 7) is 1.50. The number of sulfonamides is 1. The number of nitrogens with one attached hydrogen (secondary N) is 1. The van der Waals surface area contributed by atoms with Crippen LogP contribution in [0.4, 0.5) is 0 Å². The van der Waals surface area contributed by atoms with Crippen molar-refractivity contribution in [3.8, 4) is 0 Å². The molecule has 0 aliphatic carbocycles. The number of thiophene rings is 1. The lowest BCUT2D eigenvalue weighted by molar-refractivity contribution is 0.0701. The molecular formula is C10H15NO6S3. The van der Waals surface area contributed by atoms with Gasteiger partial charge < -0.3 is 5.11 Å². The SMILES string of the molecule is Cc1cc(S(=O)(=O)NCCCS(C)(=O)=O)sc1C(=O)O. The van der Waals surface area contributed by atoms with E-state index in [2.05, 4.69) is 4.72 Å². The highest BCUT2D eigenvalue weighted by Gasteiger charge is 2.21. The van der Waals surface area contributed by atoms with E-state index >= 15 is 0 Å². The molecule has 0 fully saturated rings. The van der Waals surface area contributed by atoms with Crippen molar-refractivity contribution in [1.82, 2.24) is 4.72 Å². The van der Waals surface area contributed by atoms with Crippen molar-refractivity contribution in [2.75, 3.05) is 18.6 Å². The Morgan fingerprint density at radius 2 is 1.95 bits per heavy atom. The third-order valence-corrected chi connectivity index (χ3v) is 6.53. The number of sulfone groups is 1. The lowest BCUT2D eigenvalue weighted by Gasteiger charge is -2.03. The largest absolute Gasteiger partial charge is 0.477 e. The van der Waals surface area contributed by atoms with Crippen LogP contribution in [0.25, 0.3) is 0 Å². The number of carboxylic acids is 1.